The largest absolute Gasteiger partial charge is 0.491 e. The Hall–Kier alpha value is -3.02. The number of nitrogens with zero attached hydrogens (tertiary/aromatic N) is 2. The minimum Gasteiger partial charge on any atom is -0.491 e. The lowest BCUT2D eigenvalue weighted by molar-refractivity contribution is 0.0584. The molecule has 178 valence electrons. The number of benzene rings is 3. The topological polar surface area (TPSA) is 45.2 Å². The summed E-state index contributed by atoms with van der Waals surface area (Å²) in [5, 5.41) is 9.02. The smallest absolute Gasteiger partial charge is 0.143 e. The van der Waals surface area contributed by atoms with Crippen LogP contribution in [0.25, 0.3) is 0 Å². The van der Waals surface area contributed by atoms with Crippen LogP contribution in [0.1, 0.15) is 30.5 Å². The first-order chi connectivity index (χ1) is 15.9. The maximum Gasteiger partial charge on any atom is 0.143 e. The third-order valence-corrected chi connectivity index (χ3v) is 5.51. The van der Waals surface area contributed by atoms with Crippen LogP contribution in [-0.2, 0) is 10.3 Å². The van der Waals surface area contributed by atoms with E-state index in [1.165, 1.54) is 0 Å². The molecule has 0 aromatic heterocycles. The van der Waals surface area contributed by atoms with Crippen molar-refractivity contribution in [1.82, 2.24) is 0 Å². The number of methoxy groups -OCH3 is 1. The summed E-state index contributed by atoms with van der Waals surface area (Å²) in [6.07, 6.45) is 0. The molecule has 5 heteroatoms. The van der Waals surface area contributed by atoms with Gasteiger partial charge in [-0.25, -0.2) is 0 Å². The molecule has 1 N–H and O–H groups in total. The summed E-state index contributed by atoms with van der Waals surface area (Å²) in [6, 6.07) is 24.8. The van der Waals surface area contributed by atoms with E-state index in [0.717, 1.165) is 28.1 Å². The van der Waals surface area contributed by atoms with Crippen LogP contribution in [0.2, 0.25) is 0 Å². The molecule has 0 unspecified atom stereocenters. The van der Waals surface area contributed by atoms with E-state index in [1.807, 2.05) is 66.3 Å². The third-order valence-electron chi connectivity index (χ3n) is 5.51. The quantitative estimate of drug-likeness (QED) is 0.457. The lowest BCUT2D eigenvalue weighted by atomic mass is 9.80. The monoisotopic (exact) mass is 450 g/mol. The number of aliphatic hydroxyl groups is 1. The van der Waals surface area contributed by atoms with Gasteiger partial charge in [0, 0.05) is 46.7 Å². The van der Waals surface area contributed by atoms with E-state index in [2.05, 4.69) is 58.3 Å². The number of anilines is 2. The summed E-state index contributed by atoms with van der Waals surface area (Å²) >= 11 is 0. The van der Waals surface area contributed by atoms with E-state index in [0.29, 0.717) is 5.75 Å². The Labute approximate surface area is 199 Å². The van der Waals surface area contributed by atoms with E-state index in [4.69, 9.17) is 14.6 Å². The molecule has 0 radical (unpaired) electrons. The molecule has 0 aliphatic rings. The van der Waals surface area contributed by atoms with Crippen molar-refractivity contribution in [3.63, 3.8) is 0 Å². The minimum atomic E-state index is -0.773. The van der Waals surface area contributed by atoms with Crippen LogP contribution in [0.4, 0.5) is 11.4 Å². The van der Waals surface area contributed by atoms with E-state index in [-0.39, 0.29) is 13.2 Å². The number of ether oxygens (including phenoxy) is 2. The van der Waals surface area contributed by atoms with Crippen molar-refractivity contribution in [2.45, 2.75) is 19.4 Å². The van der Waals surface area contributed by atoms with Gasteiger partial charge < -0.3 is 24.4 Å². The van der Waals surface area contributed by atoms with E-state index in [1.54, 1.807) is 7.11 Å². The van der Waals surface area contributed by atoms with Crippen molar-refractivity contribution in [2.75, 3.05) is 58.3 Å². The third kappa shape index (κ3) is 5.86. The fourth-order valence-corrected chi connectivity index (χ4v) is 3.79. The van der Waals surface area contributed by atoms with Crippen LogP contribution in [0, 0.1) is 0 Å². The van der Waals surface area contributed by atoms with Crippen molar-refractivity contribution in [3.05, 3.63) is 89.5 Å². The first-order valence-electron chi connectivity index (χ1n) is 11.4. The normalized spacial score (nSPS) is 10.8. The number of rotatable bonds is 9. The average Bonchev–Trinajstić information content (AvgIpc) is 2.86. The molecule has 0 aliphatic carbocycles. The van der Waals surface area contributed by atoms with E-state index >= 15 is 0 Å². The molecule has 0 saturated carbocycles. The second-order valence-corrected chi connectivity index (χ2v) is 7.86. The molecule has 0 aliphatic heterocycles. The molecular formula is C28H38N2O3. The van der Waals surface area contributed by atoms with E-state index in [9.17, 15) is 0 Å². The van der Waals surface area contributed by atoms with Crippen molar-refractivity contribution in [1.29, 1.82) is 0 Å². The van der Waals surface area contributed by atoms with Crippen LogP contribution >= 0.6 is 0 Å². The minimum absolute atomic E-state index is 0.0137. The maximum absolute atomic E-state index is 9.02. The first kappa shape index (κ1) is 26.2. The molecule has 0 saturated heterocycles. The molecule has 3 aromatic rings. The van der Waals surface area contributed by atoms with E-state index < -0.39 is 5.60 Å². The summed E-state index contributed by atoms with van der Waals surface area (Å²) in [7, 11) is 9.87. The highest BCUT2D eigenvalue weighted by atomic mass is 16.5. The van der Waals surface area contributed by atoms with Crippen LogP contribution in [0.5, 0.6) is 5.75 Å². The standard InChI is InChI=1S/C26H32N2O3.C2H6/c1-27(2)23-12-6-20(7-13-23)26(30-5,21-8-14-24(15-9-21)28(3)4)22-10-16-25(17-11-22)31-19-18-29;1-2/h6-17,29H,18-19H2,1-5H3;1-2H3. The molecule has 0 fully saturated rings. The van der Waals surface area contributed by atoms with Crippen molar-refractivity contribution in [2.24, 2.45) is 0 Å². The zero-order chi connectivity index (χ0) is 24.4. The van der Waals surface area contributed by atoms with Crippen LogP contribution in [-0.4, -0.2) is 53.6 Å². The predicted octanol–water partition coefficient (Wildman–Crippen LogP) is 5.15. The Bertz CT molecular complexity index is 898. The highest BCUT2D eigenvalue weighted by molar-refractivity contribution is 5.56. The molecular weight excluding hydrogens is 412 g/mol. The average molecular weight is 451 g/mol. The van der Waals surface area contributed by atoms with Gasteiger partial charge in [-0.2, -0.15) is 0 Å². The molecule has 0 amide bonds. The molecule has 0 heterocycles. The van der Waals surface area contributed by atoms with Gasteiger partial charge in [-0.05, 0) is 53.1 Å². The lowest BCUT2D eigenvalue weighted by Gasteiger charge is -2.35. The van der Waals surface area contributed by atoms with Gasteiger partial charge in [0.05, 0.1) is 6.61 Å². The van der Waals surface area contributed by atoms with Crippen LogP contribution in [0.3, 0.4) is 0 Å². The van der Waals surface area contributed by atoms with Crippen molar-refractivity contribution >= 4 is 11.4 Å². The van der Waals surface area contributed by atoms with Gasteiger partial charge in [0.2, 0.25) is 0 Å². The SMILES string of the molecule is CC.COC(c1ccc(OCCO)cc1)(c1ccc(N(C)C)cc1)c1ccc(N(C)C)cc1. The molecule has 0 bridgehead atoms. The summed E-state index contributed by atoms with van der Waals surface area (Å²) in [5.74, 6) is 0.716. The summed E-state index contributed by atoms with van der Waals surface area (Å²) in [4.78, 5) is 4.16. The number of aliphatic hydroxyl groups excluding tert-OH is 1. The fraction of sp³-hybridized carbons (Fsp3) is 0.357. The highest BCUT2D eigenvalue weighted by Crippen LogP contribution is 2.41. The second kappa shape index (κ2) is 12.3. The first-order valence-corrected chi connectivity index (χ1v) is 11.4. The molecule has 33 heavy (non-hydrogen) atoms. The van der Waals surface area contributed by atoms with Gasteiger partial charge in [-0.3, -0.25) is 0 Å². The number of hydrogen-bond donors (Lipinski definition) is 1. The predicted molar refractivity (Wildman–Crippen MR) is 139 cm³/mol. The van der Waals surface area contributed by atoms with Gasteiger partial charge in [0.1, 0.15) is 18.0 Å². The zero-order valence-electron chi connectivity index (χ0n) is 21.0. The summed E-state index contributed by atoms with van der Waals surface area (Å²) in [6.45, 7) is 4.26. The second-order valence-electron chi connectivity index (χ2n) is 7.86. The molecule has 5 nitrogen and oxygen atoms in total. The Morgan fingerprint density at radius 3 is 1.33 bits per heavy atom. The van der Waals surface area contributed by atoms with Crippen LogP contribution in [0.15, 0.2) is 72.8 Å². The molecule has 3 rings (SSSR count). The Balaban J connectivity index is 0.00000187. The van der Waals surface area contributed by atoms with Gasteiger partial charge in [-0.15, -0.1) is 0 Å². The van der Waals surface area contributed by atoms with Crippen molar-refractivity contribution < 1.29 is 14.6 Å². The fourth-order valence-electron chi connectivity index (χ4n) is 3.79. The van der Waals surface area contributed by atoms with Gasteiger partial charge in [0.15, 0.2) is 0 Å². The lowest BCUT2D eigenvalue weighted by Crippen LogP contribution is -2.31. The summed E-state index contributed by atoms with van der Waals surface area (Å²) < 4.78 is 11.9. The molecule has 0 atom stereocenters. The van der Waals surface area contributed by atoms with Gasteiger partial charge in [-0.1, -0.05) is 50.2 Å². The Kier molecular flexibility index (Phi) is 9.76. The molecule has 3 aromatic carbocycles. The van der Waals surface area contributed by atoms with Crippen molar-refractivity contribution in [3.8, 4) is 5.75 Å². The molecule has 0 spiro atoms. The highest BCUT2D eigenvalue weighted by Gasteiger charge is 2.36. The zero-order valence-corrected chi connectivity index (χ0v) is 21.0. The number of hydrogen-bond acceptors (Lipinski definition) is 5. The Morgan fingerprint density at radius 1 is 0.667 bits per heavy atom. The Morgan fingerprint density at radius 2 is 1.03 bits per heavy atom. The van der Waals surface area contributed by atoms with Gasteiger partial charge >= 0.3 is 0 Å². The summed E-state index contributed by atoms with van der Waals surface area (Å²) in [5.41, 5.74) is 4.57. The maximum atomic E-state index is 9.02. The van der Waals surface area contributed by atoms with Crippen LogP contribution < -0.4 is 14.5 Å². The van der Waals surface area contributed by atoms with Gasteiger partial charge in [0.25, 0.3) is 0 Å².